The molecule has 0 unspecified atom stereocenters. The van der Waals surface area contributed by atoms with Gasteiger partial charge in [0.1, 0.15) is 0 Å². The molecular weight excluding hydrogens is 115 g/mol. The zero-order valence-corrected chi connectivity index (χ0v) is 7.39. The predicted octanol–water partition coefficient (Wildman–Crippen LogP) is -2.63. The van der Waals surface area contributed by atoms with Crippen molar-refractivity contribution >= 4 is 12.1 Å². The van der Waals surface area contributed by atoms with Gasteiger partial charge in [0.15, 0.2) is 0 Å². The maximum Gasteiger partial charge on any atom is 1.00 e. The number of Topliss-reactive ketones (excluding diaryl/α,β-unsaturated/α-hetero) is 1. The number of aldehydes is 1. The first-order valence-electron chi connectivity index (χ1n) is 1.98. The minimum absolute atomic E-state index is 0. The number of rotatable bonds is 2. The quantitative estimate of drug-likeness (QED) is 0.174. The summed E-state index contributed by atoms with van der Waals surface area (Å²) < 4.78 is 0. The molecule has 0 atom stereocenters. The third-order valence-corrected chi connectivity index (χ3v) is 0.732. The number of carbonyl (C=O) groups is 2. The fraction of sp³-hybridized carbons (Fsp3) is 0.400. The van der Waals surface area contributed by atoms with E-state index in [4.69, 9.17) is 0 Å². The molecule has 0 bridgehead atoms. The van der Waals surface area contributed by atoms with E-state index in [1.807, 2.05) is 0 Å². The van der Waals surface area contributed by atoms with Gasteiger partial charge in [-0.15, -0.1) is 0 Å². The number of ketones is 1. The molecule has 0 saturated heterocycles. The van der Waals surface area contributed by atoms with Crippen LogP contribution in [0.1, 0.15) is 13.8 Å². The van der Waals surface area contributed by atoms with Crippen LogP contribution in [-0.4, -0.2) is 12.1 Å². The van der Waals surface area contributed by atoms with Crippen LogP contribution in [-0.2, 0) is 9.59 Å². The number of carbonyl (C=O) groups excluding carboxylic acids is 2. The van der Waals surface area contributed by atoms with Crippen LogP contribution in [0.2, 0.25) is 0 Å². The van der Waals surface area contributed by atoms with E-state index in [9.17, 15) is 9.59 Å². The Morgan fingerprint density at radius 1 is 1.62 bits per heavy atom. The van der Waals surface area contributed by atoms with Crippen molar-refractivity contribution in [3.05, 3.63) is 5.92 Å². The summed E-state index contributed by atoms with van der Waals surface area (Å²) in [5.74, 6) is 0.120. The Kier molecular flexibility index (Phi) is 7.40. The van der Waals surface area contributed by atoms with Crippen LogP contribution >= 0.6 is 0 Å². The molecule has 0 radical (unpaired) electrons. The van der Waals surface area contributed by atoms with Crippen molar-refractivity contribution in [2.45, 2.75) is 13.8 Å². The summed E-state index contributed by atoms with van der Waals surface area (Å²) in [4.78, 5) is 19.8. The monoisotopic (exact) mass is 122 g/mol. The van der Waals surface area contributed by atoms with Crippen LogP contribution in [0, 0.1) is 5.92 Å². The van der Waals surface area contributed by atoms with Gasteiger partial charge >= 0.3 is 29.6 Å². The van der Waals surface area contributed by atoms with Crippen molar-refractivity contribution in [3.8, 4) is 0 Å². The van der Waals surface area contributed by atoms with E-state index < -0.39 is 0 Å². The van der Waals surface area contributed by atoms with Crippen molar-refractivity contribution in [2.24, 2.45) is 0 Å². The Morgan fingerprint density at radius 2 is 2.00 bits per heavy atom. The molecule has 0 N–H and O–H groups in total. The van der Waals surface area contributed by atoms with Gasteiger partial charge in [-0.2, -0.15) is 6.92 Å². The summed E-state index contributed by atoms with van der Waals surface area (Å²) in [5, 5.41) is 0. The Hall–Kier alpha value is 0.210. The maximum absolute atomic E-state index is 10.1. The van der Waals surface area contributed by atoms with Gasteiger partial charge in [0, 0.05) is 5.78 Å². The van der Waals surface area contributed by atoms with Crippen LogP contribution in [0.25, 0.3) is 0 Å². The third kappa shape index (κ3) is 4.37. The van der Waals surface area contributed by atoms with Crippen LogP contribution < -0.4 is 29.6 Å². The second-order valence-corrected chi connectivity index (χ2v) is 1.36. The number of hydrogen-bond acceptors (Lipinski definition) is 2. The first kappa shape index (κ1) is 11.1. The molecule has 0 aromatic carbocycles. The van der Waals surface area contributed by atoms with Crippen molar-refractivity contribution in [1.29, 1.82) is 0 Å². The van der Waals surface area contributed by atoms with E-state index >= 15 is 0 Å². The first-order valence-corrected chi connectivity index (χ1v) is 1.98. The van der Waals surface area contributed by atoms with E-state index in [0.29, 0.717) is 6.29 Å². The zero-order chi connectivity index (χ0) is 5.86. The molecular formula is C5H7NaO2. The van der Waals surface area contributed by atoms with Crippen molar-refractivity contribution < 1.29 is 39.1 Å². The summed E-state index contributed by atoms with van der Waals surface area (Å²) >= 11 is 0. The molecule has 3 heteroatoms. The Bertz CT molecular complexity index is 90.4. The van der Waals surface area contributed by atoms with Crippen molar-refractivity contribution in [3.63, 3.8) is 0 Å². The van der Waals surface area contributed by atoms with E-state index in [2.05, 4.69) is 0 Å². The summed E-state index contributed by atoms with van der Waals surface area (Å²) in [6.45, 7) is 2.86. The molecule has 8 heavy (non-hydrogen) atoms. The van der Waals surface area contributed by atoms with E-state index in [0.717, 1.165) is 0 Å². The van der Waals surface area contributed by atoms with Crippen molar-refractivity contribution in [1.82, 2.24) is 0 Å². The van der Waals surface area contributed by atoms with E-state index in [1.54, 1.807) is 0 Å². The molecule has 0 aromatic heterocycles. The topological polar surface area (TPSA) is 34.1 Å². The largest absolute Gasteiger partial charge is 1.00 e. The average molecular weight is 122 g/mol. The SMILES string of the molecule is CC(=O)[C-](C)C=O.[Na+]. The van der Waals surface area contributed by atoms with Gasteiger partial charge in [0.05, 0.1) is 0 Å². The summed E-state index contributed by atoms with van der Waals surface area (Å²) in [6.07, 6.45) is 0.558. The first-order chi connectivity index (χ1) is 3.18. The smallest absolute Gasteiger partial charge is 0.337 e. The Morgan fingerprint density at radius 3 is 2.00 bits per heavy atom. The van der Waals surface area contributed by atoms with E-state index in [1.165, 1.54) is 13.8 Å². The van der Waals surface area contributed by atoms with Crippen LogP contribution in [0.15, 0.2) is 0 Å². The standard InChI is InChI=1S/C5H7O2.Na/c1-4(3-6)5(2)7;/h3H,1-2H3;/q-1;+1. The second kappa shape index (κ2) is 5.35. The molecule has 0 amide bonds. The summed E-state index contributed by atoms with van der Waals surface area (Å²) in [5.41, 5.74) is 0. The fourth-order valence-corrected chi connectivity index (χ4v) is 0.0830. The minimum Gasteiger partial charge on any atom is -0.337 e. The van der Waals surface area contributed by atoms with Gasteiger partial charge in [0.2, 0.25) is 0 Å². The van der Waals surface area contributed by atoms with Gasteiger partial charge in [-0.1, -0.05) is 0 Å². The third-order valence-electron chi connectivity index (χ3n) is 0.732. The Labute approximate surface area is 70.9 Å². The Balaban J connectivity index is 0. The van der Waals surface area contributed by atoms with Crippen LogP contribution in [0.4, 0.5) is 0 Å². The molecule has 0 aliphatic carbocycles. The summed E-state index contributed by atoms with van der Waals surface area (Å²) in [6, 6.07) is 0. The molecule has 0 heterocycles. The molecule has 0 rings (SSSR count). The minimum atomic E-state index is -0.157. The molecule has 2 nitrogen and oxygen atoms in total. The normalized spacial score (nSPS) is 6.75. The molecule has 0 fully saturated rings. The average Bonchev–Trinajstić information content (AvgIpc) is 1.65. The molecule has 0 saturated carbocycles. The molecule has 0 spiro atoms. The predicted molar refractivity (Wildman–Crippen MR) is 25.7 cm³/mol. The van der Waals surface area contributed by atoms with Crippen molar-refractivity contribution in [2.75, 3.05) is 0 Å². The molecule has 0 aliphatic rings. The second-order valence-electron chi connectivity index (χ2n) is 1.36. The summed E-state index contributed by atoms with van der Waals surface area (Å²) in [7, 11) is 0. The van der Waals surface area contributed by atoms with Crippen LogP contribution in [0.3, 0.4) is 0 Å². The number of hydrogen-bond donors (Lipinski definition) is 0. The van der Waals surface area contributed by atoms with Gasteiger partial charge in [-0.25, -0.2) is 0 Å². The fourth-order valence-electron chi connectivity index (χ4n) is 0.0830. The molecule has 0 aromatic rings. The molecule has 0 aliphatic heterocycles. The molecule has 40 valence electrons. The van der Waals surface area contributed by atoms with Gasteiger partial charge in [-0.05, 0) is 13.2 Å². The van der Waals surface area contributed by atoms with Gasteiger partial charge in [-0.3, -0.25) is 5.92 Å². The maximum atomic E-state index is 10.1. The van der Waals surface area contributed by atoms with Crippen LogP contribution in [0.5, 0.6) is 0 Å². The van der Waals surface area contributed by atoms with Gasteiger partial charge in [0.25, 0.3) is 0 Å². The zero-order valence-electron chi connectivity index (χ0n) is 5.39. The van der Waals surface area contributed by atoms with E-state index in [-0.39, 0.29) is 41.3 Å². The van der Waals surface area contributed by atoms with Gasteiger partial charge < -0.3 is 9.59 Å².